The maximum Gasteiger partial charge on any atom is 0.277 e. The molecule has 1 aromatic carbocycles. The molecular formula is C22H24N4O5. The molecule has 9 nitrogen and oxygen atoms in total. The number of fused-ring (bicyclic) bond motifs is 2. The van der Waals surface area contributed by atoms with Crippen molar-refractivity contribution in [1.82, 2.24) is 15.1 Å². The van der Waals surface area contributed by atoms with Crippen molar-refractivity contribution in [2.45, 2.75) is 32.7 Å². The minimum absolute atomic E-state index is 0.117. The topological polar surface area (TPSA) is 110 Å². The van der Waals surface area contributed by atoms with E-state index in [2.05, 4.69) is 20.4 Å². The molecular weight excluding hydrogens is 400 g/mol. The predicted octanol–water partition coefficient (Wildman–Crippen LogP) is 2.68. The van der Waals surface area contributed by atoms with Crippen LogP contribution in [0.4, 0.5) is 5.88 Å². The molecule has 162 valence electrons. The summed E-state index contributed by atoms with van der Waals surface area (Å²) in [6, 6.07) is 6.09. The summed E-state index contributed by atoms with van der Waals surface area (Å²) in [6.45, 7) is 5.65. The lowest BCUT2D eigenvalue weighted by Crippen LogP contribution is -2.33. The Hall–Kier alpha value is -3.33. The number of aromatic nitrogens is 2. The minimum atomic E-state index is -0.386. The zero-order valence-corrected chi connectivity index (χ0v) is 17.5. The van der Waals surface area contributed by atoms with Gasteiger partial charge in [0, 0.05) is 6.04 Å². The fraction of sp³-hybridized carbons (Fsp3) is 0.409. The van der Waals surface area contributed by atoms with E-state index in [1.807, 2.05) is 18.2 Å². The molecule has 1 fully saturated rings. The van der Waals surface area contributed by atoms with Crippen LogP contribution in [0, 0.1) is 13.8 Å². The second-order valence-corrected chi connectivity index (χ2v) is 7.96. The van der Waals surface area contributed by atoms with E-state index >= 15 is 0 Å². The van der Waals surface area contributed by atoms with E-state index in [1.54, 1.807) is 13.8 Å². The van der Waals surface area contributed by atoms with Crippen molar-refractivity contribution in [2.75, 3.05) is 31.6 Å². The summed E-state index contributed by atoms with van der Waals surface area (Å²) < 4.78 is 17.0. The van der Waals surface area contributed by atoms with Crippen LogP contribution in [0.25, 0.3) is 10.8 Å². The Labute approximate surface area is 178 Å². The molecule has 3 aromatic rings. The van der Waals surface area contributed by atoms with E-state index in [0.717, 1.165) is 36.4 Å². The van der Waals surface area contributed by atoms with Crippen LogP contribution in [0.15, 0.2) is 27.4 Å². The quantitative estimate of drug-likeness (QED) is 0.663. The highest BCUT2D eigenvalue weighted by atomic mass is 16.6. The summed E-state index contributed by atoms with van der Waals surface area (Å²) in [5.41, 5.74) is 1.37. The van der Waals surface area contributed by atoms with E-state index in [0.29, 0.717) is 35.4 Å². The predicted molar refractivity (Wildman–Crippen MR) is 114 cm³/mol. The van der Waals surface area contributed by atoms with Gasteiger partial charge in [0.2, 0.25) is 11.8 Å². The number of likely N-dealkylation sites (tertiary alicyclic amines) is 1. The first-order valence-corrected chi connectivity index (χ1v) is 10.4. The maximum atomic E-state index is 12.8. The number of H-pyrrole nitrogens is 1. The number of ether oxygens (including phenoxy) is 2. The van der Waals surface area contributed by atoms with Crippen LogP contribution >= 0.6 is 0 Å². The Morgan fingerprint density at radius 1 is 1.23 bits per heavy atom. The molecule has 2 aromatic heterocycles. The zero-order chi connectivity index (χ0) is 21.5. The summed E-state index contributed by atoms with van der Waals surface area (Å²) in [6.07, 6.45) is 1.96. The van der Waals surface area contributed by atoms with Crippen molar-refractivity contribution in [3.8, 4) is 11.5 Å². The Bertz CT molecular complexity index is 1210. The number of furan rings is 1. The van der Waals surface area contributed by atoms with Gasteiger partial charge < -0.3 is 13.9 Å². The van der Waals surface area contributed by atoms with Gasteiger partial charge >= 0.3 is 0 Å². The Morgan fingerprint density at radius 3 is 2.87 bits per heavy atom. The number of benzene rings is 1. The first-order valence-electron chi connectivity index (χ1n) is 10.4. The highest BCUT2D eigenvalue weighted by Crippen LogP contribution is 2.38. The minimum Gasteiger partial charge on any atom is -0.486 e. The van der Waals surface area contributed by atoms with Gasteiger partial charge in [0.05, 0.1) is 17.6 Å². The van der Waals surface area contributed by atoms with Gasteiger partial charge in [-0.15, -0.1) is 0 Å². The van der Waals surface area contributed by atoms with Gasteiger partial charge in [0.1, 0.15) is 24.4 Å². The van der Waals surface area contributed by atoms with Crippen LogP contribution in [0.3, 0.4) is 0 Å². The number of rotatable bonds is 4. The average Bonchev–Trinajstić information content (AvgIpc) is 3.35. The number of aromatic amines is 1. The number of anilines is 1. The summed E-state index contributed by atoms with van der Waals surface area (Å²) in [7, 11) is 0. The molecule has 1 saturated heterocycles. The van der Waals surface area contributed by atoms with E-state index < -0.39 is 0 Å². The molecule has 2 aliphatic heterocycles. The van der Waals surface area contributed by atoms with Crippen LogP contribution in [0.1, 0.15) is 35.9 Å². The monoisotopic (exact) mass is 424 g/mol. The normalized spacial score (nSPS) is 18.5. The first kappa shape index (κ1) is 19.6. The number of nitrogens with one attached hydrogen (secondary N) is 2. The zero-order valence-electron chi connectivity index (χ0n) is 17.5. The van der Waals surface area contributed by atoms with Crippen molar-refractivity contribution < 1.29 is 18.7 Å². The van der Waals surface area contributed by atoms with Crippen molar-refractivity contribution >= 4 is 22.6 Å². The Balaban J connectivity index is 1.34. The highest BCUT2D eigenvalue weighted by Gasteiger charge is 2.29. The molecule has 4 heterocycles. The van der Waals surface area contributed by atoms with Crippen molar-refractivity contribution in [3.63, 3.8) is 0 Å². The molecule has 0 saturated carbocycles. The molecule has 0 radical (unpaired) electrons. The molecule has 31 heavy (non-hydrogen) atoms. The van der Waals surface area contributed by atoms with Gasteiger partial charge in [-0.05, 0) is 50.9 Å². The maximum absolute atomic E-state index is 12.8. The third-order valence-electron chi connectivity index (χ3n) is 5.91. The number of nitrogens with zero attached hydrogens (tertiary/aromatic N) is 2. The molecule has 5 rings (SSSR count). The second-order valence-electron chi connectivity index (χ2n) is 7.96. The Kier molecular flexibility index (Phi) is 4.90. The summed E-state index contributed by atoms with van der Waals surface area (Å²) in [5.74, 6) is 2.00. The lowest BCUT2D eigenvalue weighted by Gasteiger charge is -2.26. The molecule has 0 bridgehead atoms. The van der Waals surface area contributed by atoms with Gasteiger partial charge in [-0.25, -0.2) is 5.10 Å². The van der Waals surface area contributed by atoms with Gasteiger partial charge in [0.15, 0.2) is 11.5 Å². The lowest BCUT2D eigenvalue weighted by atomic mass is 10.0. The van der Waals surface area contributed by atoms with Crippen LogP contribution in [0.2, 0.25) is 0 Å². The lowest BCUT2D eigenvalue weighted by molar-refractivity contribution is -0.117. The number of hydrogen-bond donors (Lipinski definition) is 2. The highest BCUT2D eigenvalue weighted by molar-refractivity contribution is 6.01. The van der Waals surface area contributed by atoms with Gasteiger partial charge in [-0.1, -0.05) is 6.07 Å². The van der Waals surface area contributed by atoms with Crippen molar-refractivity contribution in [2.24, 2.45) is 0 Å². The van der Waals surface area contributed by atoms with Crippen LogP contribution in [-0.2, 0) is 4.79 Å². The SMILES string of the molecule is Cc1n[nH]c(=O)c2c(NC(=O)CN3CCC[C@H]3c3ccc4c(c3)OCCO4)oc(C)c12. The van der Waals surface area contributed by atoms with E-state index in [9.17, 15) is 9.59 Å². The standard InChI is InChI=1S/C22H24N4O5/c1-12-19-13(2)31-22(20(19)21(28)25-24-12)23-18(27)11-26-7-3-4-15(26)14-5-6-16-17(10-14)30-9-8-29-16/h5-6,10,15H,3-4,7-9,11H2,1-2H3,(H,23,27)(H,25,28)/t15-/m0/s1. The average molecular weight is 424 g/mol. The van der Waals surface area contributed by atoms with Crippen molar-refractivity contribution in [1.29, 1.82) is 0 Å². The largest absolute Gasteiger partial charge is 0.486 e. The van der Waals surface area contributed by atoms with Crippen molar-refractivity contribution in [3.05, 3.63) is 45.6 Å². The fourth-order valence-electron chi connectivity index (χ4n) is 4.54. The number of amides is 1. The van der Waals surface area contributed by atoms with Crippen LogP contribution < -0.4 is 20.3 Å². The summed E-state index contributed by atoms with van der Waals surface area (Å²) in [4.78, 5) is 27.3. The number of carbonyl (C=O) groups excluding carboxylic acids is 1. The summed E-state index contributed by atoms with van der Waals surface area (Å²) >= 11 is 0. The number of aryl methyl sites for hydroxylation is 2. The molecule has 9 heteroatoms. The molecule has 0 unspecified atom stereocenters. The fourth-order valence-corrected chi connectivity index (χ4v) is 4.54. The smallest absolute Gasteiger partial charge is 0.277 e. The molecule has 0 aliphatic carbocycles. The molecule has 1 amide bonds. The first-order chi connectivity index (χ1) is 15.0. The number of hydrogen-bond acceptors (Lipinski definition) is 7. The van der Waals surface area contributed by atoms with Crippen LogP contribution in [-0.4, -0.2) is 47.3 Å². The van der Waals surface area contributed by atoms with E-state index in [-0.39, 0.29) is 29.9 Å². The molecule has 0 spiro atoms. The number of carbonyl (C=O) groups is 1. The third kappa shape index (κ3) is 3.54. The molecule has 1 atom stereocenters. The third-order valence-corrected chi connectivity index (χ3v) is 5.91. The van der Waals surface area contributed by atoms with Gasteiger partial charge in [-0.3, -0.25) is 19.8 Å². The summed E-state index contributed by atoms with van der Waals surface area (Å²) in [5, 5.41) is 10.2. The van der Waals surface area contributed by atoms with Gasteiger partial charge in [-0.2, -0.15) is 5.10 Å². The van der Waals surface area contributed by atoms with E-state index in [4.69, 9.17) is 13.9 Å². The van der Waals surface area contributed by atoms with E-state index in [1.165, 1.54) is 0 Å². The Morgan fingerprint density at radius 2 is 2.03 bits per heavy atom. The second kappa shape index (κ2) is 7.73. The molecule has 2 N–H and O–H groups in total. The van der Waals surface area contributed by atoms with Crippen LogP contribution in [0.5, 0.6) is 11.5 Å². The molecule has 2 aliphatic rings. The van der Waals surface area contributed by atoms with Gasteiger partial charge in [0.25, 0.3) is 5.56 Å².